The smallest absolute Gasteiger partial charge is 0.151 e. The van der Waals surface area contributed by atoms with Crippen LogP contribution in [0.4, 0.5) is 5.69 Å². The number of rotatable bonds is 2. The largest absolute Gasteiger partial charge is 0.454 e. The molecule has 0 aromatic heterocycles. The third kappa shape index (κ3) is 3.06. The number of hydrogen-bond donors (Lipinski definition) is 1. The molecule has 2 N–H and O–H groups in total. The lowest BCUT2D eigenvalue weighted by Gasteiger charge is -2.10. The molecule has 0 atom stereocenters. The van der Waals surface area contributed by atoms with Crippen LogP contribution >= 0.6 is 39.1 Å². The summed E-state index contributed by atoms with van der Waals surface area (Å²) in [6, 6.07) is 10.4. The number of benzene rings is 2. The molecule has 0 amide bonds. The van der Waals surface area contributed by atoms with E-state index in [4.69, 9.17) is 33.7 Å². The molecule has 5 heteroatoms. The normalized spacial score (nSPS) is 10.3. The fraction of sp³-hybridized carbons (Fsp3) is 0. The highest BCUT2D eigenvalue weighted by Gasteiger charge is 2.07. The molecule has 0 aliphatic heterocycles. The van der Waals surface area contributed by atoms with Crippen molar-refractivity contribution in [3.8, 4) is 11.5 Å². The molecule has 0 radical (unpaired) electrons. The average Bonchev–Trinajstić information content (AvgIpc) is 2.27. The van der Waals surface area contributed by atoms with Gasteiger partial charge in [-0.2, -0.15) is 0 Å². The zero-order chi connectivity index (χ0) is 12.4. The van der Waals surface area contributed by atoms with E-state index in [0.29, 0.717) is 27.2 Å². The highest BCUT2D eigenvalue weighted by Crippen LogP contribution is 2.35. The Morgan fingerprint density at radius 2 is 1.76 bits per heavy atom. The summed E-state index contributed by atoms with van der Waals surface area (Å²) in [4.78, 5) is 0. The Labute approximate surface area is 117 Å². The third-order valence-corrected chi connectivity index (χ3v) is 3.11. The SMILES string of the molecule is Nc1ccc(Br)cc1Oc1ccc(Cl)cc1Cl. The van der Waals surface area contributed by atoms with Gasteiger partial charge in [0.2, 0.25) is 0 Å². The van der Waals surface area contributed by atoms with Gasteiger partial charge in [0, 0.05) is 9.50 Å². The van der Waals surface area contributed by atoms with E-state index >= 15 is 0 Å². The van der Waals surface area contributed by atoms with E-state index in [1.807, 2.05) is 6.07 Å². The van der Waals surface area contributed by atoms with E-state index in [2.05, 4.69) is 15.9 Å². The molecule has 0 spiro atoms. The fourth-order valence-electron chi connectivity index (χ4n) is 1.27. The van der Waals surface area contributed by atoms with Crippen LogP contribution in [0.1, 0.15) is 0 Å². The molecule has 88 valence electrons. The van der Waals surface area contributed by atoms with Gasteiger partial charge in [0.15, 0.2) is 5.75 Å². The second kappa shape index (κ2) is 5.17. The molecule has 0 bridgehead atoms. The van der Waals surface area contributed by atoms with Gasteiger partial charge >= 0.3 is 0 Å². The van der Waals surface area contributed by atoms with Crippen molar-refractivity contribution < 1.29 is 4.74 Å². The van der Waals surface area contributed by atoms with Gasteiger partial charge in [0.05, 0.1) is 10.7 Å². The van der Waals surface area contributed by atoms with Crippen LogP contribution in [0.15, 0.2) is 40.9 Å². The Balaban J connectivity index is 2.34. The summed E-state index contributed by atoms with van der Waals surface area (Å²) in [5, 5.41) is 1.00. The molecule has 0 heterocycles. The summed E-state index contributed by atoms with van der Waals surface area (Å²) in [6.07, 6.45) is 0. The van der Waals surface area contributed by atoms with Crippen molar-refractivity contribution in [1.82, 2.24) is 0 Å². The Morgan fingerprint density at radius 1 is 1.00 bits per heavy atom. The van der Waals surface area contributed by atoms with Crippen molar-refractivity contribution >= 4 is 44.8 Å². The predicted octanol–water partition coefficient (Wildman–Crippen LogP) is 5.13. The van der Waals surface area contributed by atoms with Gasteiger partial charge in [-0.15, -0.1) is 0 Å². The highest BCUT2D eigenvalue weighted by atomic mass is 79.9. The number of anilines is 1. The van der Waals surface area contributed by atoms with Gasteiger partial charge in [-0.25, -0.2) is 0 Å². The van der Waals surface area contributed by atoms with E-state index in [0.717, 1.165) is 4.47 Å². The third-order valence-electron chi connectivity index (χ3n) is 2.09. The number of ether oxygens (including phenoxy) is 1. The van der Waals surface area contributed by atoms with Gasteiger partial charge in [-0.3, -0.25) is 0 Å². The molecule has 0 aliphatic carbocycles. The molecule has 0 fully saturated rings. The van der Waals surface area contributed by atoms with Gasteiger partial charge in [-0.05, 0) is 36.4 Å². The minimum atomic E-state index is 0.442. The number of nitrogens with two attached hydrogens (primary N) is 1. The Hall–Kier alpha value is -0.900. The summed E-state index contributed by atoms with van der Waals surface area (Å²) in [7, 11) is 0. The summed E-state index contributed by atoms with van der Waals surface area (Å²) in [5.41, 5.74) is 6.34. The van der Waals surface area contributed by atoms with Crippen molar-refractivity contribution in [2.75, 3.05) is 5.73 Å². The van der Waals surface area contributed by atoms with Crippen LogP contribution < -0.4 is 10.5 Å². The molecular formula is C12H8BrCl2NO. The summed E-state index contributed by atoms with van der Waals surface area (Å²) in [5.74, 6) is 1.06. The lowest BCUT2D eigenvalue weighted by atomic mass is 10.3. The molecule has 0 aliphatic rings. The van der Waals surface area contributed by atoms with Crippen molar-refractivity contribution in [3.05, 3.63) is 50.9 Å². The Bertz CT molecular complexity index is 560. The van der Waals surface area contributed by atoms with Crippen LogP contribution in [0.5, 0.6) is 11.5 Å². The van der Waals surface area contributed by atoms with Crippen molar-refractivity contribution in [2.45, 2.75) is 0 Å². The molecule has 2 rings (SSSR count). The minimum Gasteiger partial charge on any atom is -0.454 e. The summed E-state index contributed by atoms with van der Waals surface area (Å²) in [6.45, 7) is 0. The molecule has 0 unspecified atom stereocenters. The van der Waals surface area contributed by atoms with Crippen molar-refractivity contribution in [3.63, 3.8) is 0 Å². The zero-order valence-electron chi connectivity index (χ0n) is 8.58. The first-order chi connectivity index (χ1) is 8.06. The molecule has 17 heavy (non-hydrogen) atoms. The first kappa shape index (κ1) is 12.6. The first-order valence-electron chi connectivity index (χ1n) is 4.74. The van der Waals surface area contributed by atoms with E-state index < -0.39 is 0 Å². The second-order valence-electron chi connectivity index (χ2n) is 3.36. The molecule has 0 saturated carbocycles. The fourth-order valence-corrected chi connectivity index (χ4v) is 2.06. The topological polar surface area (TPSA) is 35.2 Å². The quantitative estimate of drug-likeness (QED) is 0.773. The van der Waals surface area contributed by atoms with Gasteiger partial charge in [-0.1, -0.05) is 39.1 Å². The molecular weight excluding hydrogens is 325 g/mol. The summed E-state index contributed by atoms with van der Waals surface area (Å²) >= 11 is 15.2. The molecule has 2 aromatic carbocycles. The predicted molar refractivity (Wildman–Crippen MR) is 75.1 cm³/mol. The molecule has 2 nitrogen and oxygen atoms in total. The number of hydrogen-bond acceptors (Lipinski definition) is 2. The number of nitrogen functional groups attached to an aromatic ring is 1. The van der Waals surface area contributed by atoms with E-state index in [1.165, 1.54) is 0 Å². The van der Waals surface area contributed by atoms with E-state index in [-0.39, 0.29) is 0 Å². The van der Waals surface area contributed by atoms with Crippen LogP contribution in [-0.4, -0.2) is 0 Å². The lowest BCUT2D eigenvalue weighted by molar-refractivity contribution is 0.485. The second-order valence-corrected chi connectivity index (χ2v) is 5.12. The Morgan fingerprint density at radius 3 is 2.47 bits per heavy atom. The maximum atomic E-state index is 6.01. The van der Waals surface area contributed by atoms with Crippen LogP contribution in [0.25, 0.3) is 0 Å². The van der Waals surface area contributed by atoms with Gasteiger partial charge < -0.3 is 10.5 Å². The Kier molecular flexibility index (Phi) is 3.82. The van der Waals surface area contributed by atoms with Crippen LogP contribution in [0.2, 0.25) is 10.0 Å². The maximum absolute atomic E-state index is 6.01. The standard InChI is InChI=1S/C12H8BrCl2NO/c13-7-1-3-10(16)12(5-7)17-11-4-2-8(14)6-9(11)15/h1-6H,16H2. The van der Waals surface area contributed by atoms with Crippen LogP contribution in [-0.2, 0) is 0 Å². The van der Waals surface area contributed by atoms with Gasteiger partial charge in [0.1, 0.15) is 5.75 Å². The summed E-state index contributed by atoms with van der Waals surface area (Å²) < 4.78 is 6.51. The minimum absolute atomic E-state index is 0.442. The van der Waals surface area contributed by atoms with Crippen LogP contribution in [0, 0.1) is 0 Å². The average molecular weight is 333 g/mol. The molecule has 0 saturated heterocycles. The van der Waals surface area contributed by atoms with Crippen molar-refractivity contribution in [1.29, 1.82) is 0 Å². The van der Waals surface area contributed by atoms with Gasteiger partial charge in [0.25, 0.3) is 0 Å². The van der Waals surface area contributed by atoms with E-state index in [9.17, 15) is 0 Å². The molecule has 2 aromatic rings. The zero-order valence-corrected chi connectivity index (χ0v) is 11.7. The monoisotopic (exact) mass is 331 g/mol. The van der Waals surface area contributed by atoms with Crippen LogP contribution in [0.3, 0.4) is 0 Å². The first-order valence-corrected chi connectivity index (χ1v) is 6.29. The van der Waals surface area contributed by atoms with E-state index in [1.54, 1.807) is 30.3 Å². The lowest BCUT2D eigenvalue weighted by Crippen LogP contribution is -1.92. The maximum Gasteiger partial charge on any atom is 0.151 e. The van der Waals surface area contributed by atoms with Crippen molar-refractivity contribution in [2.24, 2.45) is 0 Å². The number of halogens is 3. The highest BCUT2D eigenvalue weighted by molar-refractivity contribution is 9.10.